The van der Waals surface area contributed by atoms with Gasteiger partial charge in [-0.05, 0) is 36.8 Å². The first-order valence-electron chi connectivity index (χ1n) is 9.57. The van der Waals surface area contributed by atoms with E-state index in [2.05, 4.69) is 16.0 Å². The van der Waals surface area contributed by atoms with Crippen molar-refractivity contribution in [3.05, 3.63) is 54.1 Å². The second-order valence-corrected chi connectivity index (χ2v) is 7.17. The molecule has 10 nitrogen and oxygen atoms in total. The number of fused-ring (bicyclic) bond motifs is 1. The van der Waals surface area contributed by atoms with E-state index >= 15 is 0 Å². The molecular formula is C21H20N4O6. The average molecular weight is 424 g/mol. The molecule has 0 radical (unpaired) electrons. The number of para-hydroxylation sites is 1. The predicted octanol–water partition coefficient (Wildman–Crippen LogP) is 1.57. The van der Waals surface area contributed by atoms with Crippen molar-refractivity contribution in [2.45, 2.75) is 12.5 Å². The Hall–Kier alpha value is -4.08. The fraction of sp³-hybridized carbons (Fsp3) is 0.238. The minimum absolute atomic E-state index is 0.380. The van der Waals surface area contributed by atoms with Gasteiger partial charge in [-0.25, -0.2) is 9.59 Å². The normalized spacial score (nSPS) is 19.6. The molecule has 0 aromatic heterocycles. The SMILES string of the molecule is CC1(c2ccc3c(c2)OCCO3)NC(=O)N(CC(=O)NC(=O)Nc2ccccc2)C1=O. The van der Waals surface area contributed by atoms with Gasteiger partial charge in [0.25, 0.3) is 5.91 Å². The van der Waals surface area contributed by atoms with Crippen LogP contribution in [0, 0.1) is 0 Å². The van der Waals surface area contributed by atoms with Crippen LogP contribution in [0.5, 0.6) is 11.5 Å². The Morgan fingerprint density at radius 3 is 2.52 bits per heavy atom. The summed E-state index contributed by atoms with van der Waals surface area (Å²) in [5.74, 6) is -0.395. The first-order chi connectivity index (χ1) is 14.9. The topological polar surface area (TPSA) is 126 Å². The van der Waals surface area contributed by atoms with E-state index in [9.17, 15) is 19.2 Å². The highest BCUT2D eigenvalue weighted by Gasteiger charge is 2.49. The second kappa shape index (κ2) is 7.98. The maximum atomic E-state index is 13.0. The van der Waals surface area contributed by atoms with Gasteiger partial charge < -0.3 is 20.1 Å². The van der Waals surface area contributed by atoms with Gasteiger partial charge in [-0.1, -0.05) is 24.3 Å². The first-order valence-corrected chi connectivity index (χ1v) is 9.57. The van der Waals surface area contributed by atoms with E-state index in [4.69, 9.17) is 9.47 Å². The molecule has 1 saturated heterocycles. The van der Waals surface area contributed by atoms with E-state index in [0.29, 0.717) is 36.0 Å². The number of nitrogens with one attached hydrogen (secondary N) is 3. The Labute approximate surface area is 177 Å². The maximum absolute atomic E-state index is 13.0. The molecule has 0 saturated carbocycles. The molecule has 6 amide bonds. The summed E-state index contributed by atoms with van der Waals surface area (Å²) < 4.78 is 11.0. The van der Waals surface area contributed by atoms with Gasteiger partial charge in [0.2, 0.25) is 5.91 Å². The van der Waals surface area contributed by atoms with Crippen LogP contribution in [0.4, 0.5) is 15.3 Å². The molecule has 1 fully saturated rings. The lowest BCUT2D eigenvalue weighted by Crippen LogP contribution is -2.45. The van der Waals surface area contributed by atoms with Crippen molar-refractivity contribution in [1.29, 1.82) is 0 Å². The number of hydrogen-bond acceptors (Lipinski definition) is 6. The summed E-state index contributed by atoms with van der Waals surface area (Å²) in [7, 11) is 0. The Morgan fingerprint density at radius 2 is 1.77 bits per heavy atom. The van der Waals surface area contributed by atoms with Crippen LogP contribution in [0.2, 0.25) is 0 Å². The third kappa shape index (κ3) is 4.00. The lowest BCUT2D eigenvalue weighted by molar-refractivity contribution is -0.134. The molecule has 31 heavy (non-hydrogen) atoms. The number of imide groups is 2. The fourth-order valence-electron chi connectivity index (χ4n) is 3.38. The van der Waals surface area contributed by atoms with E-state index in [-0.39, 0.29) is 0 Å². The van der Waals surface area contributed by atoms with Crippen LogP contribution in [0.15, 0.2) is 48.5 Å². The minimum Gasteiger partial charge on any atom is -0.486 e. The second-order valence-electron chi connectivity index (χ2n) is 7.17. The molecule has 1 atom stereocenters. The number of anilines is 1. The highest BCUT2D eigenvalue weighted by molar-refractivity contribution is 6.10. The standard InChI is InChI=1S/C21H20N4O6/c1-21(13-7-8-15-16(11-13)31-10-9-30-15)18(27)25(20(29)24-21)12-17(26)23-19(28)22-14-5-3-2-4-6-14/h2-8,11H,9-10,12H2,1H3,(H,24,29)(H2,22,23,26,28). The van der Waals surface area contributed by atoms with Crippen molar-refractivity contribution in [3.8, 4) is 11.5 Å². The quantitative estimate of drug-likeness (QED) is 0.640. The van der Waals surface area contributed by atoms with Crippen LogP contribution in [-0.4, -0.2) is 48.5 Å². The molecule has 2 aromatic rings. The zero-order chi connectivity index (χ0) is 22.0. The van der Waals surface area contributed by atoms with E-state index in [1.165, 1.54) is 0 Å². The van der Waals surface area contributed by atoms with E-state index in [0.717, 1.165) is 4.90 Å². The van der Waals surface area contributed by atoms with Gasteiger partial charge in [0.15, 0.2) is 11.5 Å². The van der Waals surface area contributed by atoms with Crippen molar-refractivity contribution < 1.29 is 28.7 Å². The summed E-state index contributed by atoms with van der Waals surface area (Å²) in [4.78, 5) is 50.4. The van der Waals surface area contributed by atoms with E-state index in [1.54, 1.807) is 55.5 Å². The van der Waals surface area contributed by atoms with Gasteiger partial charge >= 0.3 is 12.1 Å². The van der Waals surface area contributed by atoms with E-state index in [1.807, 2.05) is 0 Å². The van der Waals surface area contributed by atoms with Gasteiger partial charge in [-0.15, -0.1) is 0 Å². The number of carbonyl (C=O) groups excluding carboxylic acids is 4. The van der Waals surface area contributed by atoms with Crippen molar-refractivity contribution >= 4 is 29.6 Å². The van der Waals surface area contributed by atoms with E-state index < -0.39 is 36.0 Å². The third-order valence-corrected chi connectivity index (χ3v) is 4.98. The minimum atomic E-state index is -1.39. The third-order valence-electron chi connectivity index (χ3n) is 4.98. The molecular weight excluding hydrogens is 404 g/mol. The Morgan fingerprint density at radius 1 is 1.06 bits per heavy atom. The number of rotatable bonds is 4. The van der Waals surface area contributed by atoms with Gasteiger partial charge in [0.05, 0.1) is 0 Å². The molecule has 2 aliphatic heterocycles. The number of carbonyl (C=O) groups is 4. The molecule has 0 spiro atoms. The van der Waals surface area contributed by atoms with Crippen LogP contribution in [0.25, 0.3) is 0 Å². The van der Waals surface area contributed by atoms with Crippen LogP contribution >= 0.6 is 0 Å². The highest BCUT2D eigenvalue weighted by atomic mass is 16.6. The zero-order valence-electron chi connectivity index (χ0n) is 16.6. The van der Waals surface area contributed by atoms with Crippen LogP contribution in [-0.2, 0) is 15.1 Å². The van der Waals surface area contributed by atoms with Crippen LogP contribution in [0.1, 0.15) is 12.5 Å². The summed E-state index contributed by atoms with van der Waals surface area (Å²) in [6.07, 6.45) is 0. The first kappa shape index (κ1) is 20.2. The van der Waals surface area contributed by atoms with Crippen molar-refractivity contribution in [2.24, 2.45) is 0 Å². The summed E-state index contributed by atoms with van der Waals surface area (Å²) in [6, 6.07) is 12.0. The number of urea groups is 2. The average Bonchev–Trinajstić information content (AvgIpc) is 2.98. The highest BCUT2D eigenvalue weighted by Crippen LogP contribution is 2.36. The lowest BCUT2D eigenvalue weighted by atomic mass is 9.91. The Balaban J connectivity index is 1.43. The van der Waals surface area contributed by atoms with Crippen LogP contribution in [0.3, 0.4) is 0 Å². The molecule has 2 heterocycles. The smallest absolute Gasteiger partial charge is 0.325 e. The van der Waals surface area contributed by atoms with Gasteiger partial charge in [-0.3, -0.25) is 19.8 Å². The lowest BCUT2D eigenvalue weighted by Gasteiger charge is -2.25. The Bertz CT molecular complexity index is 1060. The Kier molecular flexibility index (Phi) is 5.20. The van der Waals surface area contributed by atoms with Crippen molar-refractivity contribution in [1.82, 2.24) is 15.5 Å². The van der Waals surface area contributed by atoms with Gasteiger partial charge in [-0.2, -0.15) is 0 Å². The number of nitrogens with zero attached hydrogens (tertiary/aromatic N) is 1. The molecule has 0 bridgehead atoms. The molecule has 2 aliphatic rings. The summed E-state index contributed by atoms with van der Waals surface area (Å²) in [5, 5.41) is 7.21. The fourth-order valence-corrected chi connectivity index (χ4v) is 3.38. The molecule has 160 valence electrons. The molecule has 0 aliphatic carbocycles. The molecule has 2 aromatic carbocycles. The number of amides is 6. The maximum Gasteiger partial charge on any atom is 0.325 e. The molecule has 3 N–H and O–H groups in total. The zero-order valence-corrected chi connectivity index (χ0v) is 16.6. The molecule has 10 heteroatoms. The summed E-state index contributed by atoms with van der Waals surface area (Å²) in [6.45, 7) is 1.75. The molecule has 1 unspecified atom stereocenters. The van der Waals surface area contributed by atoms with Crippen molar-refractivity contribution in [3.63, 3.8) is 0 Å². The van der Waals surface area contributed by atoms with Crippen LogP contribution < -0.4 is 25.4 Å². The largest absolute Gasteiger partial charge is 0.486 e. The monoisotopic (exact) mass is 424 g/mol. The predicted molar refractivity (Wildman–Crippen MR) is 109 cm³/mol. The molecule has 4 rings (SSSR count). The number of hydrogen-bond donors (Lipinski definition) is 3. The summed E-state index contributed by atoms with van der Waals surface area (Å²) >= 11 is 0. The number of ether oxygens (including phenoxy) is 2. The van der Waals surface area contributed by atoms with Crippen molar-refractivity contribution in [2.75, 3.05) is 25.1 Å². The number of benzene rings is 2. The van der Waals surface area contributed by atoms with Gasteiger partial charge in [0.1, 0.15) is 25.3 Å². The van der Waals surface area contributed by atoms with Gasteiger partial charge in [0, 0.05) is 5.69 Å². The summed E-state index contributed by atoms with van der Waals surface area (Å²) in [5.41, 5.74) is -0.409.